The van der Waals surface area contributed by atoms with Gasteiger partial charge in [-0.3, -0.25) is 10.1 Å². The summed E-state index contributed by atoms with van der Waals surface area (Å²) < 4.78 is 0. The summed E-state index contributed by atoms with van der Waals surface area (Å²) in [6, 6.07) is 10.5. The van der Waals surface area contributed by atoms with Gasteiger partial charge in [0, 0.05) is 11.1 Å². The highest BCUT2D eigenvalue weighted by molar-refractivity contribution is 7.14. The Kier molecular flexibility index (Phi) is 5.13. The van der Waals surface area contributed by atoms with E-state index in [0.717, 1.165) is 10.6 Å². The van der Waals surface area contributed by atoms with Crippen LogP contribution in [-0.2, 0) is 0 Å². The Morgan fingerprint density at radius 1 is 1.19 bits per heavy atom. The standard InChI is InChI=1S/C16H14N2O2S/c1-12(19)14-8-6-13(7-9-14)4-2-10-17-16(20)18-15-5-3-11-21-15/h3,5-9,11H,10H2,1H3,(H2,17,18,20). The molecule has 0 saturated carbocycles. The maximum absolute atomic E-state index is 11.5. The number of thiophene rings is 1. The summed E-state index contributed by atoms with van der Waals surface area (Å²) in [4.78, 5) is 22.7. The molecular formula is C16H14N2O2S. The minimum Gasteiger partial charge on any atom is -0.327 e. The van der Waals surface area contributed by atoms with Gasteiger partial charge < -0.3 is 5.32 Å². The van der Waals surface area contributed by atoms with Gasteiger partial charge >= 0.3 is 6.03 Å². The molecule has 1 heterocycles. The quantitative estimate of drug-likeness (QED) is 0.675. The van der Waals surface area contributed by atoms with Gasteiger partial charge in [-0.25, -0.2) is 4.79 Å². The van der Waals surface area contributed by atoms with Gasteiger partial charge in [-0.2, -0.15) is 0 Å². The lowest BCUT2D eigenvalue weighted by Gasteiger charge is -2.01. The molecule has 0 bridgehead atoms. The molecule has 1 aromatic carbocycles. The van der Waals surface area contributed by atoms with E-state index in [1.807, 2.05) is 17.5 Å². The number of rotatable bonds is 3. The summed E-state index contributed by atoms with van der Waals surface area (Å²) in [5.41, 5.74) is 1.47. The number of amides is 2. The zero-order valence-corrected chi connectivity index (χ0v) is 12.3. The molecule has 1 aromatic heterocycles. The Hall–Kier alpha value is -2.58. The number of Topliss-reactive ketones (excluding diaryl/α,β-unsaturated/α-hetero) is 1. The van der Waals surface area contributed by atoms with E-state index in [2.05, 4.69) is 22.5 Å². The lowest BCUT2D eigenvalue weighted by molar-refractivity contribution is 0.101. The molecule has 21 heavy (non-hydrogen) atoms. The first kappa shape index (κ1) is 14.8. The molecule has 2 N–H and O–H groups in total. The van der Waals surface area contributed by atoms with Crippen molar-refractivity contribution in [2.75, 3.05) is 11.9 Å². The molecule has 0 saturated heterocycles. The van der Waals surface area contributed by atoms with Crippen molar-refractivity contribution < 1.29 is 9.59 Å². The lowest BCUT2D eigenvalue weighted by Crippen LogP contribution is -2.28. The molecule has 2 amide bonds. The number of hydrogen-bond donors (Lipinski definition) is 2. The molecule has 0 spiro atoms. The Bertz CT molecular complexity index is 679. The van der Waals surface area contributed by atoms with Crippen LogP contribution in [0.5, 0.6) is 0 Å². The van der Waals surface area contributed by atoms with Gasteiger partial charge in [0.05, 0.1) is 11.5 Å². The van der Waals surface area contributed by atoms with E-state index in [1.165, 1.54) is 18.3 Å². The molecule has 0 aliphatic carbocycles. The predicted molar refractivity (Wildman–Crippen MR) is 84.7 cm³/mol. The number of urea groups is 1. The molecule has 2 aromatic rings. The fourth-order valence-electron chi connectivity index (χ4n) is 1.56. The molecule has 0 fully saturated rings. The molecule has 0 unspecified atom stereocenters. The van der Waals surface area contributed by atoms with Crippen molar-refractivity contribution in [1.82, 2.24) is 5.32 Å². The number of carbonyl (C=O) groups is 2. The van der Waals surface area contributed by atoms with Crippen LogP contribution in [-0.4, -0.2) is 18.4 Å². The molecule has 0 atom stereocenters. The zero-order valence-electron chi connectivity index (χ0n) is 11.5. The van der Waals surface area contributed by atoms with E-state index in [9.17, 15) is 9.59 Å². The maximum Gasteiger partial charge on any atom is 0.320 e. The van der Waals surface area contributed by atoms with Crippen LogP contribution in [0.25, 0.3) is 0 Å². The normalized spacial score (nSPS) is 9.38. The van der Waals surface area contributed by atoms with E-state index >= 15 is 0 Å². The van der Waals surface area contributed by atoms with Gasteiger partial charge in [-0.1, -0.05) is 24.0 Å². The van der Waals surface area contributed by atoms with Crippen molar-refractivity contribution in [2.45, 2.75) is 6.92 Å². The topological polar surface area (TPSA) is 58.2 Å². The number of hydrogen-bond acceptors (Lipinski definition) is 3. The van der Waals surface area contributed by atoms with Crippen LogP contribution in [0.2, 0.25) is 0 Å². The van der Waals surface area contributed by atoms with Crippen LogP contribution < -0.4 is 10.6 Å². The summed E-state index contributed by atoms with van der Waals surface area (Å²) in [5, 5.41) is 8.03. The van der Waals surface area contributed by atoms with Crippen molar-refractivity contribution >= 4 is 28.2 Å². The third-order valence-electron chi connectivity index (χ3n) is 2.62. The number of carbonyl (C=O) groups excluding carboxylic acids is 2. The fraction of sp³-hybridized carbons (Fsp3) is 0.125. The number of nitrogens with one attached hydrogen (secondary N) is 2. The third kappa shape index (κ3) is 4.79. The van der Waals surface area contributed by atoms with Crippen molar-refractivity contribution in [3.05, 3.63) is 52.9 Å². The summed E-state index contributed by atoms with van der Waals surface area (Å²) in [7, 11) is 0. The van der Waals surface area contributed by atoms with E-state index in [0.29, 0.717) is 5.56 Å². The molecular weight excluding hydrogens is 284 g/mol. The maximum atomic E-state index is 11.5. The van der Waals surface area contributed by atoms with Gasteiger partial charge in [0.25, 0.3) is 0 Å². The molecule has 0 aliphatic heterocycles. The lowest BCUT2D eigenvalue weighted by atomic mass is 10.1. The summed E-state index contributed by atoms with van der Waals surface area (Å²) >= 11 is 1.46. The Labute approximate surface area is 127 Å². The second kappa shape index (κ2) is 7.27. The monoisotopic (exact) mass is 298 g/mol. The zero-order chi connectivity index (χ0) is 15.1. The molecule has 0 aliphatic rings. The van der Waals surface area contributed by atoms with Crippen molar-refractivity contribution in [3.8, 4) is 11.8 Å². The Morgan fingerprint density at radius 3 is 2.57 bits per heavy atom. The highest BCUT2D eigenvalue weighted by Crippen LogP contribution is 2.14. The highest BCUT2D eigenvalue weighted by atomic mass is 32.1. The first-order valence-electron chi connectivity index (χ1n) is 6.33. The Morgan fingerprint density at radius 2 is 1.95 bits per heavy atom. The van der Waals surface area contributed by atoms with Crippen molar-refractivity contribution in [1.29, 1.82) is 0 Å². The predicted octanol–water partition coefficient (Wildman–Crippen LogP) is 3.12. The first-order chi connectivity index (χ1) is 10.1. The van der Waals surface area contributed by atoms with Crippen LogP contribution in [0.1, 0.15) is 22.8 Å². The smallest absolute Gasteiger partial charge is 0.320 e. The second-order valence-electron chi connectivity index (χ2n) is 4.22. The van der Waals surface area contributed by atoms with Gasteiger partial charge in [-0.15, -0.1) is 11.3 Å². The van der Waals surface area contributed by atoms with Crippen LogP contribution in [0.3, 0.4) is 0 Å². The summed E-state index contributed by atoms with van der Waals surface area (Å²) in [5.74, 6) is 5.81. The van der Waals surface area contributed by atoms with Crippen LogP contribution in [0.4, 0.5) is 9.80 Å². The van der Waals surface area contributed by atoms with E-state index in [4.69, 9.17) is 0 Å². The van der Waals surface area contributed by atoms with Gasteiger partial charge in [0.1, 0.15) is 0 Å². The first-order valence-corrected chi connectivity index (χ1v) is 7.21. The van der Waals surface area contributed by atoms with E-state index < -0.39 is 0 Å². The molecule has 2 rings (SSSR count). The van der Waals surface area contributed by atoms with Gasteiger partial charge in [0.2, 0.25) is 0 Å². The SMILES string of the molecule is CC(=O)c1ccc(C#CCNC(=O)Nc2cccs2)cc1. The number of benzene rings is 1. The molecule has 106 valence electrons. The van der Waals surface area contributed by atoms with Crippen molar-refractivity contribution in [3.63, 3.8) is 0 Å². The number of ketones is 1. The fourth-order valence-corrected chi connectivity index (χ4v) is 2.18. The van der Waals surface area contributed by atoms with Crippen LogP contribution >= 0.6 is 11.3 Å². The average molecular weight is 298 g/mol. The molecule has 0 radical (unpaired) electrons. The van der Waals surface area contributed by atoms with Gasteiger partial charge in [-0.05, 0) is 36.6 Å². The summed E-state index contributed by atoms with van der Waals surface area (Å²) in [6.45, 7) is 1.78. The second-order valence-corrected chi connectivity index (χ2v) is 5.17. The van der Waals surface area contributed by atoms with E-state index in [-0.39, 0.29) is 18.4 Å². The van der Waals surface area contributed by atoms with Crippen LogP contribution in [0, 0.1) is 11.8 Å². The Balaban J connectivity index is 1.80. The molecule has 5 heteroatoms. The third-order valence-corrected chi connectivity index (χ3v) is 3.40. The average Bonchev–Trinajstić information content (AvgIpc) is 2.97. The molecule has 4 nitrogen and oxygen atoms in total. The van der Waals surface area contributed by atoms with Gasteiger partial charge in [0.15, 0.2) is 5.78 Å². The summed E-state index contributed by atoms with van der Waals surface area (Å²) in [6.07, 6.45) is 0. The van der Waals surface area contributed by atoms with E-state index in [1.54, 1.807) is 24.3 Å². The number of anilines is 1. The minimum atomic E-state index is -0.279. The largest absolute Gasteiger partial charge is 0.327 e. The van der Waals surface area contributed by atoms with Crippen LogP contribution in [0.15, 0.2) is 41.8 Å². The highest BCUT2D eigenvalue weighted by Gasteiger charge is 1.99. The minimum absolute atomic E-state index is 0.0291. The van der Waals surface area contributed by atoms with Crippen molar-refractivity contribution in [2.24, 2.45) is 0 Å².